The summed E-state index contributed by atoms with van der Waals surface area (Å²) in [5.41, 5.74) is 3.00. The first-order valence-electron chi connectivity index (χ1n) is 10.8. The number of hydrogen-bond donors (Lipinski definition) is 0. The van der Waals surface area contributed by atoms with E-state index in [4.69, 9.17) is 0 Å². The van der Waals surface area contributed by atoms with Crippen LogP contribution >= 0.6 is 0 Å². The van der Waals surface area contributed by atoms with E-state index in [1.165, 1.54) is 6.07 Å². The Morgan fingerprint density at radius 2 is 1.88 bits per heavy atom. The maximum atomic E-state index is 14.2. The summed E-state index contributed by atoms with van der Waals surface area (Å²) >= 11 is 0. The predicted molar refractivity (Wildman–Crippen MR) is 123 cm³/mol. The highest BCUT2D eigenvalue weighted by atomic mass is 19.1. The third-order valence-corrected chi connectivity index (χ3v) is 5.56. The Balaban J connectivity index is 1.52. The molecule has 3 heterocycles. The lowest BCUT2D eigenvalue weighted by atomic mass is 10.0. The first-order valence-corrected chi connectivity index (χ1v) is 10.8. The second-order valence-corrected chi connectivity index (χ2v) is 8.41. The summed E-state index contributed by atoms with van der Waals surface area (Å²) in [7, 11) is 3.77. The van der Waals surface area contributed by atoms with Crippen molar-refractivity contribution in [2.75, 3.05) is 14.1 Å². The van der Waals surface area contributed by atoms with Crippen molar-refractivity contribution in [3.63, 3.8) is 0 Å². The molecule has 33 heavy (non-hydrogen) atoms. The average molecular weight is 442 g/mol. The Labute approximate surface area is 190 Å². The fourth-order valence-electron chi connectivity index (χ4n) is 3.77. The van der Waals surface area contributed by atoms with E-state index >= 15 is 0 Å². The van der Waals surface area contributed by atoms with Gasteiger partial charge in [-0.15, -0.1) is 0 Å². The first-order chi connectivity index (χ1) is 16.0. The SMILES string of the molecule is CN(C)C=C(C(=O)C1CC1)c1cnc(-c2nn(Cc3ccccc3F)c3ncccc23)nc1. The van der Waals surface area contributed by atoms with Crippen LogP contribution in [0, 0.1) is 11.7 Å². The zero-order chi connectivity index (χ0) is 22.9. The van der Waals surface area contributed by atoms with Gasteiger partial charge in [-0.2, -0.15) is 5.10 Å². The van der Waals surface area contributed by atoms with Gasteiger partial charge in [0.25, 0.3) is 0 Å². The van der Waals surface area contributed by atoms with Gasteiger partial charge in [0.1, 0.15) is 11.5 Å². The number of aromatic nitrogens is 5. The molecule has 0 amide bonds. The number of halogens is 1. The molecule has 8 heteroatoms. The second kappa shape index (κ2) is 8.54. The molecule has 0 radical (unpaired) electrons. The van der Waals surface area contributed by atoms with Crippen molar-refractivity contribution in [1.82, 2.24) is 29.6 Å². The number of hydrogen-bond acceptors (Lipinski definition) is 6. The number of carbonyl (C=O) groups excluding carboxylic acids is 1. The molecule has 0 N–H and O–H groups in total. The lowest BCUT2D eigenvalue weighted by Gasteiger charge is -2.11. The number of Topliss-reactive ketones (excluding diaryl/α,β-unsaturated/α-hetero) is 1. The summed E-state index contributed by atoms with van der Waals surface area (Å²) < 4.78 is 15.9. The van der Waals surface area contributed by atoms with Crippen molar-refractivity contribution in [1.29, 1.82) is 0 Å². The molecule has 1 saturated carbocycles. The average Bonchev–Trinajstić information content (AvgIpc) is 3.61. The van der Waals surface area contributed by atoms with E-state index in [2.05, 4.69) is 20.1 Å². The van der Waals surface area contributed by atoms with Crippen LogP contribution in [0.1, 0.15) is 24.0 Å². The van der Waals surface area contributed by atoms with Crippen molar-refractivity contribution < 1.29 is 9.18 Å². The molecule has 4 aromatic rings. The van der Waals surface area contributed by atoms with Crippen LogP contribution in [0.25, 0.3) is 28.1 Å². The molecule has 0 aliphatic heterocycles. The molecular formula is C25H23FN6O. The van der Waals surface area contributed by atoms with Gasteiger partial charge >= 0.3 is 0 Å². The number of allylic oxidation sites excluding steroid dienone is 1. The minimum Gasteiger partial charge on any atom is -0.383 e. The molecule has 1 aliphatic rings. The molecule has 0 spiro atoms. The van der Waals surface area contributed by atoms with E-state index in [0.29, 0.717) is 33.9 Å². The Morgan fingerprint density at radius 1 is 1.12 bits per heavy atom. The van der Waals surface area contributed by atoms with Crippen LogP contribution in [0.2, 0.25) is 0 Å². The Hall–Kier alpha value is -3.94. The Bertz CT molecular complexity index is 1360. The van der Waals surface area contributed by atoms with Gasteiger partial charge in [0, 0.05) is 61.5 Å². The number of pyridine rings is 1. The van der Waals surface area contributed by atoms with Crippen molar-refractivity contribution in [2.45, 2.75) is 19.4 Å². The Morgan fingerprint density at radius 3 is 2.58 bits per heavy atom. The zero-order valence-corrected chi connectivity index (χ0v) is 18.4. The molecule has 1 aromatic carbocycles. The van der Waals surface area contributed by atoms with Gasteiger partial charge in [0.2, 0.25) is 0 Å². The van der Waals surface area contributed by atoms with Crippen molar-refractivity contribution in [3.8, 4) is 11.5 Å². The highest BCUT2D eigenvalue weighted by Gasteiger charge is 2.32. The lowest BCUT2D eigenvalue weighted by Crippen LogP contribution is -2.11. The molecular weight excluding hydrogens is 419 g/mol. The number of fused-ring (bicyclic) bond motifs is 1. The second-order valence-electron chi connectivity index (χ2n) is 8.41. The maximum Gasteiger partial charge on any atom is 0.180 e. The number of nitrogens with zero attached hydrogens (tertiary/aromatic N) is 6. The standard InChI is InChI=1S/C25H23FN6O/c1-31(2)15-20(23(33)16-9-10-16)18-12-28-24(29-13-18)22-19-7-5-11-27-25(19)32(30-22)14-17-6-3-4-8-21(17)26/h3-8,11-13,15-16H,9-10,14H2,1-2H3. The third-order valence-electron chi connectivity index (χ3n) is 5.56. The lowest BCUT2D eigenvalue weighted by molar-refractivity contribution is -0.114. The quantitative estimate of drug-likeness (QED) is 0.403. The number of carbonyl (C=O) groups is 1. The topological polar surface area (TPSA) is 76.8 Å². The number of rotatable bonds is 7. The van der Waals surface area contributed by atoms with Crippen LogP contribution in [0.5, 0.6) is 0 Å². The predicted octanol–water partition coefficient (Wildman–Crippen LogP) is 3.96. The van der Waals surface area contributed by atoms with E-state index < -0.39 is 0 Å². The van der Waals surface area contributed by atoms with Gasteiger partial charge in [-0.05, 0) is 31.0 Å². The Kier molecular flexibility index (Phi) is 5.42. The monoisotopic (exact) mass is 442 g/mol. The smallest absolute Gasteiger partial charge is 0.180 e. The van der Waals surface area contributed by atoms with Gasteiger partial charge in [-0.25, -0.2) is 24.0 Å². The molecule has 5 rings (SSSR count). The van der Waals surface area contributed by atoms with Crippen LogP contribution < -0.4 is 0 Å². The minimum absolute atomic E-state index is 0.0972. The van der Waals surface area contributed by atoms with Gasteiger partial charge in [-0.3, -0.25) is 4.79 Å². The molecule has 0 atom stereocenters. The van der Waals surface area contributed by atoms with Crippen LogP contribution in [0.4, 0.5) is 4.39 Å². The fourth-order valence-corrected chi connectivity index (χ4v) is 3.77. The summed E-state index contributed by atoms with van der Waals surface area (Å²) in [5, 5.41) is 5.44. The fraction of sp³-hybridized carbons (Fsp3) is 0.240. The van der Waals surface area contributed by atoms with Gasteiger partial charge in [-0.1, -0.05) is 18.2 Å². The first kappa shape index (κ1) is 20.9. The van der Waals surface area contributed by atoms with Gasteiger partial charge in [0.05, 0.1) is 11.9 Å². The molecule has 0 saturated heterocycles. The zero-order valence-electron chi connectivity index (χ0n) is 18.4. The van der Waals surface area contributed by atoms with Crippen LogP contribution in [-0.2, 0) is 11.3 Å². The number of ketones is 1. The van der Waals surface area contributed by atoms with Crippen molar-refractivity contribution >= 4 is 22.4 Å². The summed E-state index contributed by atoms with van der Waals surface area (Å²) in [6.07, 6.45) is 8.69. The van der Waals surface area contributed by atoms with E-state index in [0.717, 1.165) is 18.2 Å². The molecule has 7 nitrogen and oxygen atoms in total. The number of benzene rings is 1. The summed E-state index contributed by atoms with van der Waals surface area (Å²) in [5.74, 6) is 0.357. The van der Waals surface area contributed by atoms with Crippen LogP contribution in [0.3, 0.4) is 0 Å². The van der Waals surface area contributed by atoms with E-state index in [1.54, 1.807) is 41.5 Å². The van der Waals surface area contributed by atoms with Crippen molar-refractivity contribution in [2.24, 2.45) is 5.92 Å². The molecule has 0 bridgehead atoms. The van der Waals surface area contributed by atoms with Gasteiger partial charge in [0.15, 0.2) is 17.3 Å². The highest BCUT2D eigenvalue weighted by molar-refractivity contribution is 6.22. The normalized spacial score (nSPS) is 14.0. The van der Waals surface area contributed by atoms with E-state index in [-0.39, 0.29) is 24.1 Å². The van der Waals surface area contributed by atoms with Crippen LogP contribution in [0.15, 0.2) is 61.2 Å². The van der Waals surface area contributed by atoms with Crippen LogP contribution in [-0.4, -0.2) is 49.5 Å². The molecule has 1 aliphatic carbocycles. The molecule has 1 fully saturated rings. The van der Waals surface area contributed by atoms with Gasteiger partial charge < -0.3 is 4.90 Å². The van der Waals surface area contributed by atoms with Crippen molar-refractivity contribution in [3.05, 3.63) is 78.1 Å². The minimum atomic E-state index is -0.292. The molecule has 166 valence electrons. The largest absolute Gasteiger partial charge is 0.383 e. The molecule has 3 aromatic heterocycles. The summed E-state index contributed by atoms with van der Waals surface area (Å²) in [6, 6.07) is 10.3. The van der Waals surface area contributed by atoms with E-state index in [9.17, 15) is 9.18 Å². The third kappa shape index (κ3) is 4.24. The summed E-state index contributed by atoms with van der Waals surface area (Å²) in [4.78, 5) is 28.1. The maximum absolute atomic E-state index is 14.2. The highest BCUT2D eigenvalue weighted by Crippen LogP contribution is 2.35. The van der Waals surface area contributed by atoms with E-state index in [1.807, 2.05) is 37.3 Å². The molecule has 0 unspecified atom stereocenters. The summed E-state index contributed by atoms with van der Waals surface area (Å²) in [6.45, 7) is 0.240.